The fourth-order valence-corrected chi connectivity index (χ4v) is 3.38. The summed E-state index contributed by atoms with van der Waals surface area (Å²) < 4.78 is 18.0. The van der Waals surface area contributed by atoms with Crippen LogP contribution in [0.4, 0.5) is 0 Å². The van der Waals surface area contributed by atoms with Gasteiger partial charge in [0.2, 0.25) is 0 Å². The Hall–Kier alpha value is -1.18. The van der Waals surface area contributed by atoms with Gasteiger partial charge in [-0.2, -0.15) is 0 Å². The van der Waals surface area contributed by atoms with Gasteiger partial charge < -0.3 is 0 Å². The summed E-state index contributed by atoms with van der Waals surface area (Å²) in [5.74, 6) is 0.800. The van der Waals surface area contributed by atoms with E-state index in [-0.39, 0.29) is 0 Å². The van der Waals surface area contributed by atoms with E-state index in [2.05, 4.69) is 0 Å². The van der Waals surface area contributed by atoms with Crippen LogP contribution >= 0.6 is 0 Å². The van der Waals surface area contributed by atoms with Crippen LogP contribution in [-0.4, -0.2) is 13.8 Å². The van der Waals surface area contributed by atoms with E-state index in [1.807, 2.05) is 42.5 Å². The molecule has 0 fully saturated rings. The van der Waals surface area contributed by atoms with Gasteiger partial charge in [0.15, 0.2) is 0 Å². The molecule has 1 heterocycles. The summed E-state index contributed by atoms with van der Waals surface area (Å²) in [6, 6.07) is 13.2. The Morgan fingerprint density at radius 1 is 1.07 bits per heavy atom. The molecule has 72 valence electrons. The predicted molar refractivity (Wildman–Crippen MR) is 54.9 cm³/mol. The van der Waals surface area contributed by atoms with Crippen LogP contribution in [0.1, 0.15) is 5.76 Å². The minimum absolute atomic E-state index is 0.539. The molecule has 1 aromatic heterocycles. The van der Waals surface area contributed by atoms with Crippen molar-refractivity contribution in [2.75, 3.05) is 0 Å². The van der Waals surface area contributed by atoms with Crippen LogP contribution < -0.4 is 4.46 Å². The number of benzene rings is 1. The molecule has 3 heteroatoms. The fourth-order valence-electron chi connectivity index (χ4n) is 1.18. The Morgan fingerprint density at radius 3 is 2.50 bits per heavy atom. The molecule has 1 unspecified atom stereocenters. The van der Waals surface area contributed by atoms with Crippen LogP contribution in [0.25, 0.3) is 0 Å². The van der Waals surface area contributed by atoms with Crippen molar-refractivity contribution in [3.63, 3.8) is 0 Å². The van der Waals surface area contributed by atoms with Crippen LogP contribution in [0, 0.1) is 0 Å². The quantitative estimate of drug-likeness (QED) is 0.779. The molecule has 0 radical (unpaired) electrons. The van der Waals surface area contributed by atoms with Crippen molar-refractivity contribution in [1.82, 2.24) is 0 Å². The molecule has 0 saturated heterocycles. The van der Waals surface area contributed by atoms with Gasteiger partial charge in [-0.1, -0.05) is 0 Å². The molecule has 2 rings (SSSR count). The number of hydrogen-bond acceptors (Lipinski definition) is 2. The molecule has 0 aliphatic carbocycles. The molecule has 0 spiro atoms. The van der Waals surface area contributed by atoms with Crippen molar-refractivity contribution in [3.8, 4) is 0 Å². The number of hydrogen-bond donors (Lipinski definition) is 0. The third kappa shape index (κ3) is 2.19. The Bertz CT molecular complexity index is 406. The van der Waals surface area contributed by atoms with Crippen LogP contribution in [0.3, 0.4) is 0 Å². The first-order valence-corrected chi connectivity index (χ1v) is 7.09. The van der Waals surface area contributed by atoms with Gasteiger partial charge in [-0.15, -0.1) is 0 Å². The van der Waals surface area contributed by atoms with Gasteiger partial charge in [0.25, 0.3) is 0 Å². The Morgan fingerprint density at radius 2 is 1.86 bits per heavy atom. The number of rotatable bonds is 3. The van der Waals surface area contributed by atoms with Crippen molar-refractivity contribution in [3.05, 3.63) is 54.5 Å². The van der Waals surface area contributed by atoms with E-state index >= 15 is 0 Å². The van der Waals surface area contributed by atoms with Crippen LogP contribution in [0.2, 0.25) is 0 Å². The second-order valence-corrected chi connectivity index (χ2v) is 5.93. The van der Waals surface area contributed by atoms with Gasteiger partial charge in [0, 0.05) is 0 Å². The Labute approximate surface area is 86.6 Å². The van der Waals surface area contributed by atoms with E-state index in [4.69, 9.17) is 4.42 Å². The Balaban J connectivity index is 2.11. The average Bonchev–Trinajstić information content (AvgIpc) is 2.72. The second-order valence-electron chi connectivity index (χ2n) is 2.88. The normalized spacial score (nSPS) is 12.6. The van der Waals surface area contributed by atoms with Crippen molar-refractivity contribution < 1.29 is 8.25 Å². The molecule has 0 bridgehead atoms. The summed E-state index contributed by atoms with van der Waals surface area (Å²) in [5, 5.41) is 0.539. The molecule has 0 saturated carbocycles. The summed E-state index contributed by atoms with van der Waals surface area (Å²) in [6.45, 7) is 0. The van der Waals surface area contributed by atoms with E-state index in [9.17, 15) is 3.83 Å². The van der Waals surface area contributed by atoms with Gasteiger partial charge >= 0.3 is 86.4 Å². The molecular weight excluding hydrogens is 243 g/mol. The first kappa shape index (κ1) is 9.38. The molecular formula is C11H10O2Se. The summed E-state index contributed by atoms with van der Waals surface area (Å²) >= 11 is -1.96. The van der Waals surface area contributed by atoms with E-state index in [0.29, 0.717) is 5.32 Å². The average molecular weight is 253 g/mol. The fraction of sp³-hybridized carbons (Fsp3) is 0.0909. The minimum atomic E-state index is -1.96. The molecule has 2 aromatic rings. The molecule has 14 heavy (non-hydrogen) atoms. The zero-order valence-corrected chi connectivity index (χ0v) is 9.26. The molecule has 0 aliphatic rings. The monoisotopic (exact) mass is 254 g/mol. The SMILES string of the molecule is O=[Se](Cc1ccco1)c1ccccc1. The van der Waals surface area contributed by atoms with Crippen molar-refractivity contribution >= 4 is 18.3 Å². The maximum atomic E-state index is 11.9. The van der Waals surface area contributed by atoms with Gasteiger partial charge in [0.05, 0.1) is 0 Å². The first-order chi connectivity index (χ1) is 6.86. The Kier molecular flexibility index (Phi) is 2.92. The third-order valence-electron chi connectivity index (χ3n) is 1.86. The van der Waals surface area contributed by atoms with Crippen LogP contribution in [-0.2, 0) is 9.15 Å². The molecule has 0 N–H and O–H groups in total. The summed E-state index contributed by atoms with van der Waals surface area (Å²) in [7, 11) is 0. The van der Waals surface area contributed by atoms with Crippen LogP contribution in [0.15, 0.2) is 53.1 Å². The molecule has 1 aromatic carbocycles. The zero-order valence-electron chi connectivity index (χ0n) is 7.55. The molecule has 2 nitrogen and oxygen atoms in total. The zero-order chi connectivity index (χ0) is 9.80. The summed E-state index contributed by atoms with van der Waals surface area (Å²) in [5.41, 5.74) is 0. The summed E-state index contributed by atoms with van der Waals surface area (Å²) in [6.07, 6.45) is 1.61. The third-order valence-corrected chi connectivity index (χ3v) is 4.68. The van der Waals surface area contributed by atoms with Crippen molar-refractivity contribution in [2.24, 2.45) is 0 Å². The van der Waals surface area contributed by atoms with E-state index in [1.54, 1.807) is 6.26 Å². The van der Waals surface area contributed by atoms with Crippen molar-refractivity contribution in [1.29, 1.82) is 0 Å². The molecule has 0 amide bonds. The predicted octanol–water partition coefficient (Wildman–Crippen LogP) is 1.69. The van der Waals surface area contributed by atoms with E-state index < -0.39 is 13.8 Å². The van der Waals surface area contributed by atoms with E-state index in [1.165, 1.54) is 0 Å². The second kappa shape index (κ2) is 4.36. The molecule has 0 aliphatic heterocycles. The topological polar surface area (TPSA) is 30.2 Å². The van der Waals surface area contributed by atoms with E-state index in [0.717, 1.165) is 10.2 Å². The van der Waals surface area contributed by atoms with Gasteiger partial charge in [0.1, 0.15) is 0 Å². The standard InChI is InChI=1S/C11H10O2Se/c12-14(9-10-5-4-8-13-10)11-6-2-1-3-7-11/h1-8H,9H2. The van der Waals surface area contributed by atoms with Gasteiger partial charge in [-0.05, 0) is 0 Å². The number of furan rings is 1. The van der Waals surface area contributed by atoms with Gasteiger partial charge in [-0.3, -0.25) is 0 Å². The van der Waals surface area contributed by atoms with Gasteiger partial charge in [-0.25, -0.2) is 0 Å². The first-order valence-electron chi connectivity index (χ1n) is 4.32. The maximum absolute atomic E-state index is 11.9. The van der Waals surface area contributed by atoms with Crippen molar-refractivity contribution in [2.45, 2.75) is 5.32 Å². The van der Waals surface area contributed by atoms with Crippen LogP contribution in [0.5, 0.6) is 0 Å². The summed E-state index contributed by atoms with van der Waals surface area (Å²) in [4.78, 5) is 0. The molecule has 1 atom stereocenters.